The molecule has 1 saturated heterocycles. The average Bonchev–Trinajstić information content (AvgIpc) is 3.07. The third-order valence-electron chi connectivity index (χ3n) is 11.3. The van der Waals surface area contributed by atoms with Crippen molar-refractivity contribution in [1.29, 1.82) is 0 Å². The molecule has 5 rings (SSSR count). The molecule has 1 aliphatic heterocycles. The maximum absolute atomic E-state index is 13.3. The zero-order valence-electron chi connectivity index (χ0n) is 19.8. The Bertz CT molecular complexity index is 670. The van der Waals surface area contributed by atoms with Crippen molar-refractivity contribution in [2.75, 3.05) is 6.54 Å². The van der Waals surface area contributed by atoms with Gasteiger partial charge in [-0.25, -0.2) is 0 Å². The molecule has 4 saturated carbocycles. The van der Waals surface area contributed by atoms with Crippen molar-refractivity contribution in [3.8, 4) is 0 Å². The van der Waals surface area contributed by atoms with E-state index in [2.05, 4.69) is 33.0 Å². The second-order valence-electron chi connectivity index (χ2n) is 13.0. The number of ketones is 1. The maximum atomic E-state index is 13.3. The van der Waals surface area contributed by atoms with Gasteiger partial charge in [0.15, 0.2) is 0 Å². The van der Waals surface area contributed by atoms with Crippen LogP contribution < -0.4 is 5.32 Å². The molecular weight excluding hydrogens is 370 g/mol. The molecule has 4 aliphatic carbocycles. The Labute approximate surface area is 184 Å². The number of aliphatic hydroxyl groups is 1. The SMILES string of the molecule is C[C@H]1CC[C@H]([C@@H](C)[C@H]2C[C@H]3[C@@H]4CC(=O)[C@H]5C[C@@H](O)CC[C@]5(C)[C@H]4CC[C@]3(C)C2)NC1. The summed E-state index contributed by atoms with van der Waals surface area (Å²) in [4.78, 5) is 13.3. The van der Waals surface area contributed by atoms with Crippen LogP contribution in [0.15, 0.2) is 0 Å². The second-order valence-corrected chi connectivity index (χ2v) is 13.0. The predicted octanol–water partition coefficient (Wildman–Crippen LogP) is 5.21. The number of nitrogens with one attached hydrogen (secondary N) is 1. The summed E-state index contributed by atoms with van der Waals surface area (Å²) >= 11 is 0. The van der Waals surface area contributed by atoms with Crippen molar-refractivity contribution in [1.82, 2.24) is 5.32 Å². The summed E-state index contributed by atoms with van der Waals surface area (Å²) in [5.74, 6) is 5.05. The van der Waals surface area contributed by atoms with Crippen molar-refractivity contribution in [3.63, 3.8) is 0 Å². The van der Waals surface area contributed by atoms with Crippen molar-refractivity contribution in [2.45, 2.75) is 104 Å². The smallest absolute Gasteiger partial charge is 0.136 e. The summed E-state index contributed by atoms with van der Waals surface area (Å²) in [6, 6.07) is 0.695. The highest BCUT2D eigenvalue weighted by atomic mass is 16.3. The third kappa shape index (κ3) is 3.33. The molecule has 5 aliphatic rings. The molecule has 0 aromatic heterocycles. The Balaban J connectivity index is 1.35. The van der Waals surface area contributed by atoms with Crippen molar-refractivity contribution in [2.24, 2.45) is 52.3 Å². The average molecular weight is 416 g/mol. The first-order valence-electron chi connectivity index (χ1n) is 13.2. The van der Waals surface area contributed by atoms with E-state index in [1.165, 1.54) is 45.1 Å². The number of carbonyl (C=O) groups is 1. The van der Waals surface area contributed by atoms with Gasteiger partial charge in [-0.2, -0.15) is 0 Å². The summed E-state index contributed by atoms with van der Waals surface area (Å²) in [5.41, 5.74) is 0.588. The molecule has 0 spiro atoms. The highest BCUT2D eigenvalue weighted by Crippen LogP contribution is 2.67. The maximum Gasteiger partial charge on any atom is 0.136 e. The summed E-state index contributed by atoms with van der Waals surface area (Å²) < 4.78 is 0. The van der Waals surface area contributed by atoms with E-state index in [-0.39, 0.29) is 17.4 Å². The third-order valence-corrected chi connectivity index (χ3v) is 11.3. The molecular formula is C27H45NO2. The molecule has 0 aromatic rings. The van der Waals surface area contributed by atoms with Crippen LogP contribution in [0, 0.1) is 52.3 Å². The van der Waals surface area contributed by atoms with E-state index in [9.17, 15) is 9.90 Å². The predicted molar refractivity (Wildman–Crippen MR) is 121 cm³/mol. The van der Waals surface area contributed by atoms with Gasteiger partial charge >= 0.3 is 0 Å². The van der Waals surface area contributed by atoms with E-state index < -0.39 is 0 Å². The molecule has 0 bridgehead atoms. The van der Waals surface area contributed by atoms with Crippen LogP contribution in [0.25, 0.3) is 0 Å². The summed E-state index contributed by atoms with van der Waals surface area (Å²) in [6.07, 6.45) is 11.4. The number of carbonyl (C=O) groups excluding carboxylic acids is 1. The number of hydrogen-bond acceptors (Lipinski definition) is 3. The fourth-order valence-electron chi connectivity index (χ4n) is 9.33. The van der Waals surface area contributed by atoms with Gasteiger partial charge in [0.05, 0.1) is 6.10 Å². The van der Waals surface area contributed by atoms with E-state index in [1.54, 1.807) is 0 Å². The fourth-order valence-corrected chi connectivity index (χ4v) is 9.33. The summed E-state index contributed by atoms with van der Waals surface area (Å²) in [5, 5.41) is 14.1. The number of rotatable bonds is 2. The molecule has 170 valence electrons. The largest absolute Gasteiger partial charge is 0.393 e. The zero-order chi connectivity index (χ0) is 21.3. The van der Waals surface area contributed by atoms with Crippen LogP contribution >= 0.6 is 0 Å². The van der Waals surface area contributed by atoms with Crippen LogP contribution in [0.2, 0.25) is 0 Å². The van der Waals surface area contributed by atoms with Crippen LogP contribution in [-0.2, 0) is 4.79 Å². The molecule has 30 heavy (non-hydrogen) atoms. The van der Waals surface area contributed by atoms with Gasteiger partial charge in [0.1, 0.15) is 5.78 Å². The van der Waals surface area contributed by atoms with Crippen LogP contribution in [0.4, 0.5) is 0 Å². The lowest BCUT2D eigenvalue weighted by Crippen LogP contribution is -2.56. The summed E-state index contributed by atoms with van der Waals surface area (Å²) in [7, 11) is 0. The minimum absolute atomic E-state index is 0.122. The lowest BCUT2D eigenvalue weighted by atomic mass is 9.45. The lowest BCUT2D eigenvalue weighted by molar-refractivity contribution is -0.157. The monoisotopic (exact) mass is 415 g/mol. The summed E-state index contributed by atoms with van der Waals surface area (Å²) in [6.45, 7) is 11.1. The van der Waals surface area contributed by atoms with E-state index in [0.717, 1.165) is 49.4 Å². The van der Waals surface area contributed by atoms with Crippen molar-refractivity contribution in [3.05, 3.63) is 0 Å². The molecule has 0 aromatic carbocycles. The minimum Gasteiger partial charge on any atom is -0.393 e. The first-order valence-corrected chi connectivity index (χ1v) is 13.2. The van der Waals surface area contributed by atoms with Crippen LogP contribution in [0.5, 0.6) is 0 Å². The van der Waals surface area contributed by atoms with Gasteiger partial charge in [-0.1, -0.05) is 27.7 Å². The topological polar surface area (TPSA) is 49.3 Å². The fraction of sp³-hybridized carbons (Fsp3) is 0.963. The normalized spacial score (nSPS) is 54.8. The molecule has 11 atom stereocenters. The molecule has 1 heterocycles. The number of aliphatic hydroxyl groups excluding tert-OH is 1. The Morgan fingerprint density at radius 3 is 2.60 bits per heavy atom. The Kier molecular flexibility index (Phi) is 5.41. The zero-order valence-corrected chi connectivity index (χ0v) is 19.8. The molecule has 0 unspecified atom stereocenters. The highest BCUT2D eigenvalue weighted by Gasteiger charge is 2.61. The van der Waals surface area contributed by atoms with Gasteiger partial charge in [0.2, 0.25) is 0 Å². The molecule has 0 radical (unpaired) electrons. The molecule has 3 nitrogen and oxygen atoms in total. The van der Waals surface area contributed by atoms with Gasteiger partial charge in [0.25, 0.3) is 0 Å². The lowest BCUT2D eigenvalue weighted by Gasteiger charge is -2.59. The second kappa shape index (κ2) is 7.58. The molecule has 0 amide bonds. The molecule has 2 N–H and O–H groups in total. The van der Waals surface area contributed by atoms with Gasteiger partial charge in [0, 0.05) is 18.4 Å². The van der Waals surface area contributed by atoms with Gasteiger partial charge in [-0.3, -0.25) is 4.79 Å². The van der Waals surface area contributed by atoms with E-state index in [0.29, 0.717) is 29.1 Å². The first kappa shape index (κ1) is 21.4. The Morgan fingerprint density at radius 2 is 1.87 bits per heavy atom. The number of piperidine rings is 1. The number of hydrogen-bond donors (Lipinski definition) is 2. The van der Waals surface area contributed by atoms with Gasteiger partial charge in [-0.15, -0.1) is 0 Å². The number of Topliss-reactive ketones (excluding diaryl/α,β-unsaturated/α-hetero) is 1. The van der Waals surface area contributed by atoms with Crippen molar-refractivity contribution < 1.29 is 9.90 Å². The van der Waals surface area contributed by atoms with E-state index in [4.69, 9.17) is 0 Å². The van der Waals surface area contributed by atoms with Crippen LogP contribution in [-0.4, -0.2) is 29.6 Å². The standard InChI is InChI=1S/C27H45NO2/c1-16-5-6-24(28-15-16)17(2)18-11-22-20-13-25(30)23-12-19(29)7-10-27(23,4)21(20)8-9-26(22,3)14-18/h16-24,28-29H,5-15H2,1-4H3/t16-,17-,18-,19-,20+,21-,22-,23+,24+,26+,27+/m0/s1. The minimum atomic E-state index is -0.250. The van der Waals surface area contributed by atoms with Gasteiger partial charge in [-0.05, 0) is 111 Å². The highest BCUT2D eigenvalue weighted by molar-refractivity contribution is 5.83. The van der Waals surface area contributed by atoms with Crippen molar-refractivity contribution >= 4 is 5.78 Å². The molecule has 5 fully saturated rings. The van der Waals surface area contributed by atoms with Crippen LogP contribution in [0.3, 0.4) is 0 Å². The quantitative estimate of drug-likeness (QED) is 0.651. The Hall–Kier alpha value is -0.410. The Morgan fingerprint density at radius 1 is 1.07 bits per heavy atom. The van der Waals surface area contributed by atoms with Crippen LogP contribution in [0.1, 0.15) is 91.9 Å². The van der Waals surface area contributed by atoms with E-state index >= 15 is 0 Å². The molecule has 3 heteroatoms. The number of fused-ring (bicyclic) bond motifs is 5. The van der Waals surface area contributed by atoms with Gasteiger partial charge < -0.3 is 10.4 Å². The first-order chi connectivity index (χ1) is 14.2. The van der Waals surface area contributed by atoms with E-state index in [1.807, 2.05) is 0 Å².